The summed E-state index contributed by atoms with van der Waals surface area (Å²) < 4.78 is 12.4. The van der Waals surface area contributed by atoms with E-state index in [1.54, 1.807) is 0 Å². The first-order valence-corrected chi connectivity index (χ1v) is 18.5. The van der Waals surface area contributed by atoms with Gasteiger partial charge >= 0.3 is 0 Å². The van der Waals surface area contributed by atoms with Crippen LogP contribution < -0.4 is 0 Å². The zero-order valence-corrected chi connectivity index (χ0v) is 30.9. The quantitative estimate of drug-likeness (QED) is 0.126. The van der Waals surface area contributed by atoms with Crippen molar-refractivity contribution < 1.29 is 9.47 Å². The molecule has 278 valence electrons. The highest BCUT2D eigenvalue weighted by Gasteiger charge is 2.71. The molecule has 0 radical (unpaired) electrons. The van der Waals surface area contributed by atoms with Crippen molar-refractivity contribution in [2.75, 3.05) is 6.54 Å². The summed E-state index contributed by atoms with van der Waals surface area (Å²) >= 11 is 0. The Hall–Kier alpha value is -2.74. The lowest BCUT2D eigenvalue weighted by atomic mass is 9.37. The fraction of sp³-hybridized carbons (Fsp3) is 0.944. The molecule has 0 amide bonds. The maximum Gasteiger partial charge on any atom is 0.186 e. The van der Waals surface area contributed by atoms with Gasteiger partial charge in [-0.25, -0.2) is 0 Å². The number of fused-ring (bicyclic) bond motifs is 5. The smallest absolute Gasteiger partial charge is 0.186 e. The van der Waals surface area contributed by atoms with Gasteiger partial charge in [0, 0.05) is 10.8 Å². The molecule has 50 heavy (non-hydrogen) atoms. The zero-order chi connectivity index (χ0) is 36.9. The predicted octanol–water partition coefficient (Wildman–Crippen LogP) is 8.97. The van der Waals surface area contributed by atoms with Crippen LogP contribution in [-0.4, -0.2) is 54.7 Å². The first kappa shape index (κ1) is 38.5. The van der Waals surface area contributed by atoms with Gasteiger partial charge in [-0.1, -0.05) is 97.1 Å². The van der Waals surface area contributed by atoms with E-state index in [2.05, 4.69) is 78.7 Å². The maximum absolute atomic E-state index is 13.0. The van der Waals surface area contributed by atoms with Gasteiger partial charge in [0.2, 0.25) is 0 Å². The second-order valence-corrected chi connectivity index (χ2v) is 18.0. The van der Waals surface area contributed by atoms with Crippen LogP contribution in [0.4, 0.5) is 0 Å². The van der Waals surface area contributed by atoms with E-state index in [1.807, 2.05) is 13.8 Å². The number of nitroso groups, excluding NO2 is 6. The average Bonchev–Trinajstić information content (AvgIpc) is 3.35. The van der Waals surface area contributed by atoms with Crippen molar-refractivity contribution in [3.63, 3.8) is 0 Å². The topological polar surface area (TPSA) is 195 Å². The zero-order valence-electron chi connectivity index (χ0n) is 30.9. The van der Waals surface area contributed by atoms with E-state index in [4.69, 9.17) is 9.47 Å². The SMILES string of the molecule is C[C@H](CCCC(C)(C)N=O)C1CC[C@@]2(C)C3CC=C4C(CC[C@H](O[C@@H]5O[C@H](CN=O)[C@@H](N=O)[C@H](N=O)[C@H]5N=O)C4(C)C)[C@]3(C)[C@H](N=O)C[C@]12C. The van der Waals surface area contributed by atoms with Gasteiger partial charge in [0.15, 0.2) is 18.4 Å². The molecule has 5 rings (SSSR count). The van der Waals surface area contributed by atoms with Crippen LogP contribution in [0.5, 0.6) is 0 Å². The van der Waals surface area contributed by atoms with Crippen LogP contribution in [0.2, 0.25) is 0 Å². The summed E-state index contributed by atoms with van der Waals surface area (Å²) in [5, 5.41) is 19.0. The molecule has 3 saturated carbocycles. The van der Waals surface area contributed by atoms with Crippen LogP contribution in [0.25, 0.3) is 0 Å². The number of rotatable bonds is 14. The summed E-state index contributed by atoms with van der Waals surface area (Å²) in [7, 11) is 0. The summed E-state index contributed by atoms with van der Waals surface area (Å²) in [6.45, 7) is 17.0. The van der Waals surface area contributed by atoms with Crippen molar-refractivity contribution in [1.82, 2.24) is 0 Å². The van der Waals surface area contributed by atoms with Gasteiger partial charge < -0.3 is 9.47 Å². The number of allylic oxidation sites excluding steroid dienone is 1. The van der Waals surface area contributed by atoms with Crippen LogP contribution in [0.3, 0.4) is 0 Å². The van der Waals surface area contributed by atoms with Crippen molar-refractivity contribution in [1.29, 1.82) is 0 Å². The van der Waals surface area contributed by atoms with Crippen LogP contribution in [0.15, 0.2) is 42.7 Å². The van der Waals surface area contributed by atoms with Crippen molar-refractivity contribution in [2.45, 2.75) is 161 Å². The van der Waals surface area contributed by atoms with Crippen LogP contribution in [0, 0.1) is 74.8 Å². The Morgan fingerprint density at radius 1 is 0.900 bits per heavy atom. The fourth-order valence-corrected chi connectivity index (χ4v) is 11.9. The third-order valence-corrected chi connectivity index (χ3v) is 15.0. The Kier molecular flexibility index (Phi) is 10.8. The van der Waals surface area contributed by atoms with Gasteiger partial charge in [0.1, 0.15) is 18.7 Å². The fourth-order valence-electron chi connectivity index (χ4n) is 11.9. The molecule has 1 heterocycles. The molecule has 0 N–H and O–H groups in total. The molecule has 4 aliphatic carbocycles. The van der Waals surface area contributed by atoms with Gasteiger partial charge in [-0.15, -0.1) is 0 Å². The molecule has 4 fully saturated rings. The molecule has 1 aliphatic heterocycles. The summed E-state index contributed by atoms with van der Waals surface area (Å²) in [6.07, 6.45) is 7.20. The monoisotopic (exact) mass is 700 g/mol. The molecule has 0 aromatic carbocycles. The van der Waals surface area contributed by atoms with Gasteiger partial charge in [0.05, 0.1) is 17.7 Å². The van der Waals surface area contributed by atoms with E-state index in [1.165, 1.54) is 5.57 Å². The molecule has 0 aromatic rings. The van der Waals surface area contributed by atoms with E-state index in [0.717, 1.165) is 51.4 Å². The predicted molar refractivity (Wildman–Crippen MR) is 190 cm³/mol. The van der Waals surface area contributed by atoms with Crippen LogP contribution in [0.1, 0.15) is 113 Å². The van der Waals surface area contributed by atoms with Crippen molar-refractivity contribution in [3.8, 4) is 0 Å². The lowest BCUT2D eigenvalue weighted by Crippen LogP contribution is -2.64. The van der Waals surface area contributed by atoms with Crippen molar-refractivity contribution >= 4 is 0 Å². The van der Waals surface area contributed by atoms with Gasteiger partial charge in [-0.05, 0) is 93.3 Å². The molecule has 14 atom stereocenters. The highest BCUT2D eigenvalue weighted by molar-refractivity contribution is 5.32. The minimum Gasteiger partial charge on any atom is -0.346 e. The van der Waals surface area contributed by atoms with Crippen molar-refractivity contribution in [2.24, 2.45) is 76.4 Å². The Bertz CT molecular complexity index is 1380. The minimum atomic E-state index is -1.45. The summed E-state index contributed by atoms with van der Waals surface area (Å²) in [6, 6.07) is -4.61. The molecular formula is C36H56N6O8. The van der Waals surface area contributed by atoms with E-state index in [-0.39, 0.29) is 34.1 Å². The molecule has 5 aliphatic rings. The third-order valence-electron chi connectivity index (χ3n) is 15.0. The number of hydrogen-bond donors (Lipinski definition) is 0. The lowest BCUT2D eigenvalue weighted by Gasteiger charge is -2.67. The van der Waals surface area contributed by atoms with E-state index in [9.17, 15) is 29.4 Å². The normalized spacial score (nSPS) is 44.4. The molecule has 14 nitrogen and oxygen atoms in total. The molecule has 0 spiro atoms. The number of nitrogens with zero attached hydrogens (tertiary/aromatic N) is 6. The Morgan fingerprint density at radius 3 is 2.18 bits per heavy atom. The van der Waals surface area contributed by atoms with Gasteiger partial charge in [-0.3, -0.25) is 0 Å². The maximum atomic E-state index is 13.0. The van der Waals surface area contributed by atoms with Crippen LogP contribution in [-0.2, 0) is 9.47 Å². The van der Waals surface area contributed by atoms with E-state index in [0.29, 0.717) is 18.3 Å². The molecular weight excluding hydrogens is 644 g/mol. The molecule has 3 unspecified atom stereocenters. The third kappa shape index (κ3) is 5.93. The van der Waals surface area contributed by atoms with Gasteiger partial charge in [-0.2, -0.15) is 29.4 Å². The summed E-state index contributed by atoms with van der Waals surface area (Å²) in [5.74, 6) is 1.23. The molecule has 1 saturated heterocycles. The minimum absolute atomic E-state index is 0.00539. The summed E-state index contributed by atoms with van der Waals surface area (Å²) in [5.41, 5.74) is -0.348. The van der Waals surface area contributed by atoms with E-state index >= 15 is 0 Å². The highest BCUT2D eigenvalue weighted by Crippen LogP contribution is 2.75. The molecule has 14 heteroatoms. The van der Waals surface area contributed by atoms with Crippen molar-refractivity contribution in [3.05, 3.63) is 41.1 Å². The summed E-state index contributed by atoms with van der Waals surface area (Å²) in [4.78, 5) is 70.7. The highest BCUT2D eigenvalue weighted by atomic mass is 16.7. The number of ether oxygens (including phenoxy) is 2. The Morgan fingerprint density at radius 2 is 1.58 bits per heavy atom. The molecule has 0 aromatic heterocycles. The molecule has 0 bridgehead atoms. The standard InChI is InChI=1S/C36H56N6O8/c1-20(10-9-16-32(2,3)42-48)21-15-17-34(6)25-13-11-22-23(36(25,8)26(38-44)18-35(21,34)7)12-14-27(33(22,4)5)50-31-30(41-47)29(40-46)28(39-45)24(49-31)19-37-43/h11,20-21,23-31H,9-10,12-19H2,1-8H3/t20-,21?,23?,24-,25?,26-,27+,28-,29+,30-,31+,34+,35-,36+/m1/s1. The average molecular weight is 701 g/mol. The second-order valence-electron chi connectivity index (χ2n) is 18.0. The van der Waals surface area contributed by atoms with Gasteiger partial charge in [0.25, 0.3) is 0 Å². The van der Waals surface area contributed by atoms with E-state index < -0.39 is 54.1 Å². The Balaban J connectivity index is 1.41. The second kappa shape index (κ2) is 14.0. The largest absolute Gasteiger partial charge is 0.346 e. The van der Waals surface area contributed by atoms with Crippen LogP contribution >= 0.6 is 0 Å². The Labute approximate surface area is 294 Å². The lowest BCUT2D eigenvalue weighted by molar-refractivity contribution is -0.248. The first-order valence-electron chi connectivity index (χ1n) is 18.5. The number of hydrogen-bond acceptors (Lipinski definition) is 14. The first-order chi connectivity index (χ1) is 23.5.